The van der Waals surface area contributed by atoms with Gasteiger partial charge in [0.15, 0.2) is 11.5 Å². The summed E-state index contributed by atoms with van der Waals surface area (Å²) in [5.41, 5.74) is 1.37. The second kappa shape index (κ2) is 6.64. The molecule has 1 unspecified atom stereocenters. The molecule has 2 rings (SSSR count). The fourth-order valence-electron chi connectivity index (χ4n) is 2.46. The van der Waals surface area contributed by atoms with Crippen LogP contribution in [0.1, 0.15) is 37.7 Å². The van der Waals surface area contributed by atoms with Gasteiger partial charge in [-0.3, -0.25) is 0 Å². The van der Waals surface area contributed by atoms with Crippen molar-refractivity contribution >= 4 is 0 Å². The molecule has 0 spiro atoms. The Bertz CT molecular complexity index is 379. The Hall–Kier alpha value is -1.22. The Kier molecular flexibility index (Phi) is 4.88. The maximum atomic E-state index is 5.66. The summed E-state index contributed by atoms with van der Waals surface area (Å²) >= 11 is 0. The van der Waals surface area contributed by atoms with Crippen LogP contribution in [0.25, 0.3) is 0 Å². The van der Waals surface area contributed by atoms with Gasteiger partial charge in [0.1, 0.15) is 13.2 Å². The quantitative estimate of drug-likeness (QED) is 0.841. The molecule has 1 atom stereocenters. The van der Waals surface area contributed by atoms with Gasteiger partial charge in [0.2, 0.25) is 0 Å². The Morgan fingerprint density at radius 3 is 2.67 bits per heavy atom. The summed E-state index contributed by atoms with van der Waals surface area (Å²) in [6.45, 7) is 4.61. The molecule has 3 heteroatoms. The van der Waals surface area contributed by atoms with Gasteiger partial charge in [-0.2, -0.15) is 0 Å². The van der Waals surface area contributed by atoms with E-state index in [1.807, 2.05) is 13.1 Å². The lowest BCUT2D eigenvalue weighted by atomic mass is 9.91. The van der Waals surface area contributed by atoms with Crippen molar-refractivity contribution in [2.24, 2.45) is 0 Å². The first-order valence-electron chi connectivity index (χ1n) is 6.89. The second-order valence-corrected chi connectivity index (χ2v) is 4.78. The average Bonchev–Trinajstić information content (AvgIpc) is 2.43. The van der Waals surface area contributed by atoms with Crippen LogP contribution in [0.15, 0.2) is 18.2 Å². The number of benzene rings is 1. The molecular weight excluding hydrogens is 226 g/mol. The van der Waals surface area contributed by atoms with Crippen molar-refractivity contribution in [2.45, 2.75) is 32.1 Å². The molecule has 1 aliphatic rings. The standard InChI is InChI=1S/C15H23NO2/c1-3-4-12(7-8-16-2)13-5-6-14-15(11-13)18-10-9-17-14/h5-6,11-12,16H,3-4,7-10H2,1-2H3. The molecule has 1 aromatic carbocycles. The van der Waals surface area contributed by atoms with Crippen molar-refractivity contribution in [3.63, 3.8) is 0 Å². The van der Waals surface area contributed by atoms with Gasteiger partial charge >= 0.3 is 0 Å². The van der Waals surface area contributed by atoms with Crippen molar-refractivity contribution in [1.29, 1.82) is 0 Å². The molecule has 0 saturated carbocycles. The molecule has 1 aromatic rings. The number of hydrogen-bond donors (Lipinski definition) is 1. The van der Waals surface area contributed by atoms with Crippen LogP contribution in [0.2, 0.25) is 0 Å². The fourth-order valence-corrected chi connectivity index (χ4v) is 2.46. The first-order valence-corrected chi connectivity index (χ1v) is 6.89. The third-order valence-electron chi connectivity index (χ3n) is 3.42. The molecular formula is C15H23NO2. The van der Waals surface area contributed by atoms with Gasteiger partial charge in [-0.15, -0.1) is 0 Å². The van der Waals surface area contributed by atoms with Crippen LogP contribution in [-0.2, 0) is 0 Å². The summed E-state index contributed by atoms with van der Waals surface area (Å²) in [4.78, 5) is 0. The maximum Gasteiger partial charge on any atom is 0.161 e. The Morgan fingerprint density at radius 2 is 1.94 bits per heavy atom. The molecule has 0 radical (unpaired) electrons. The highest BCUT2D eigenvalue weighted by Gasteiger charge is 2.16. The van der Waals surface area contributed by atoms with Crippen LogP contribution in [0.5, 0.6) is 11.5 Å². The van der Waals surface area contributed by atoms with Gasteiger partial charge in [0.25, 0.3) is 0 Å². The molecule has 0 aromatic heterocycles. The predicted octanol–water partition coefficient (Wildman–Crippen LogP) is 2.95. The van der Waals surface area contributed by atoms with Gasteiger partial charge < -0.3 is 14.8 Å². The maximum absolute atomic E-state index is 5.66. The first kappa shape index (κ1) is 13.2. The van der Waals surface area contributed by atoms with Crippen molar-refractivity contribution in [3.05, 3.63) is 23.8 Å². The predicted molar refractivity (Wildman–Crippen MR) is 73.6 cm³/mol. The lowest BCUT2D eigenvalue weighted by molar-refractivity contribution is 0.171. The molecule has 1 aliphatic heterocycles. The van der Waals surface area contributed by atoms with Crippen molar-refractivity contribution in [1.82, 2.24) is 5.32 Å². The molecule has 1 heterocycles. The highest BCUT2D eigenvalue weighted by molar-refractivity contribution is 5.44. The third-order valence-corrected chi connectivity index (χ3v) is 3.42. The Labute approximate surface area is 109 Å². The minimum absolute atomic E-state index is 0.610. The molecule has 0 bridgehead atoms. The Balaban J connectivity index is 2.13. The lowest BCUT2D eigenvalue weighted by Gasteiger charge is -2.22. The summed E-state index contributed by atoms with van der Waals surface area (Å²) in [5, 5.41) is 3.23. The summed E-state index contributed by atoms with van der Waals surface area (Å²) in [6, 6.07) is 6.39. The summed E-state index contributed by atoms with van der Waals surface area (Å²) < 4.78 is 11.2. The van der Waals surface area contributed by atoms with E-state index in [2.05, 4.69) is 24.4 Å². The topological polar surface area (TPSA) is 30.5 Å². The Morgan fingerprint density at radius 1 is 1.17 bits per heavy atom. The molecule has 0 saturated heterocycles. The van der Waals surface area contributed by atoms with E-state index in [0.29, 0.717) is 19.1 Å². The average molecular weight is 249 g/mol. The van der Waals surface area contributed by atoms with Gasteiger partial charge in [-0.1, -0.05) is 19.4 Å². The highest BCUT2D eigenvalue weighted by atomic mass is 16.6. The number of fused-ring (bicyclic) bond motifs is 1. The highest BCUT2D eigenvalue weighted by Crippen LogP contribution is 2.35. The number of nitrogens with one attached hydrogen (secondary N) is 1. The normalized spacial score (nSPS) is 15.4. The zero-order valence-electron chi connectivity index (χ0n) is 11.4. The van der Waals surface area contributed by atoms with Gasteiger partial charge in [-0.25, -0.2) is 0 Å². The van der Waals surface area contributed by atoms with E-state index in [-0.39, 0.29) is 0 Å². The van der Waals surface area contributed by atoms with Crippen molar-refractivity contribution in [3.8, 4) is 11.5 Å². The van der Waals surface area contributed by atoms with E-state index < -0.39 is 0 Å². The van der Waals surface area contributed by atoms with Gasteiger partial charge in [0, 0.05) is 0 Å². The van der Waals surface area contributed by atoms with E-state index >= 15 is 0 Å². The monoisotopic (exact) mass is 249 g/mol. The SMILES string of the molecule is CCCC(CCNC)c1ccc2c(c1)OCCO2. The molecule has 18 heavy (non-hydrogen) atoms. The minimum atomic E-state index is 0.610. The molecule has 0 fully saturated rings. The molecule has 0 amide bonds. The van der Waals surface area contributed by atoms with E-state index in [4.69, 9.17) is 9.47 Å². The van der Waals surface area contributed by atoms with Gasteiger partial charge in [-0.05, 0) is 50.0 Å². The smallest absolute Gasteiger partial charge is 0.161 e. The van der Waals surface area contributed by atoms with E-state index in [1.54, 1.807) is 0 Å². The molecule has 100 valence electrons. The van der Waals surface area contributed by atoms with Crippen LogP contribution in [0.4, 0.5) is 0 Å². The summed E-state index contributed by atoms with van der Waals surface area (Å²) in [5.74, 6) is 2.40. The molecule has 3 nitrogen and oxygen atoms in total. The van der Waals surface area contributed by atoms with Crippen LogP contribution in [-0.4, -0.2) is 26.8 Å². The van der Waals surface area contributed by atoms with Gasteiger partial charge in [0.05, 0.1) is 0 Å². The number of ether oxygens (including phenoxy) is 2. The van der Waals surface area contributed by atoms with Crippen LogP contribution in [0.3, 0.4) is 0 Å². The summed E-state index contributed by atoms with van der Waals surface area (Å²) in [7, 11) is 2.01. The van der Waals surface area contributed by atoms with Crippen LogP contribution >= 0.6 is 0 Å². The zero-order valence-corrected chi connectivity index (χ0v) is 11.4. The van der Waals surface area contributed by atoms with E-state index in [9.17, 15) is 0 Å². The second-order valence-electron chi connectivity index (χ2n) is 4.78. The first-order chi connectivity index (χ1) is 8.85. The van der Waals surface area contributed by atoms with Crippen molar-refractivity contribution < 1.29 is 9.47 Å². The van der Waals surface area contributed by atoms with E-state index in [1.165, 1.54) is 24.8 Å². The third kappa shape index (κ3) is 3.16. The number of hydrogen-bond acceptors (Lipinski definition) is 3. The molecule has 1 N–H and O–H groups in total. The number of rotatable bonds is 6. The lowest BCUT2D eigenvalue weighted by Crippen LogP contribution is -2.16. The van der Waals surface area contributed by atoms with Crippen LogP contribution in [0, 0.1) is 0 Å². The summed E-state index contributed by atoms with van der Waals surface area (Å²) in [6.07, 6.45) is 3.61. The van der Waals surface area contributed by atoms with Crippen molar-refractivity contribution in [2.75, 3.05) is 26.8 Å². The minimum Gasteiger partial charge on any atom is -0.486 e. The fraction of sp³-hybridized carbons (Fsp3) is 0.600. The van der Waals surface area contributed by atoms with E-state index in [0.717, 1.165) is 18.0 Å². The zero-order chi connectivity index (χ0) is 12.8. The van der Waals surface area contributed by atoms with Crippen LogP contribution < -0.4 is 14.8 Å². The largest absolute Gasteiger partial charge is 0.486 e. The molecule has 0 aliphatic carbocycles.